The standard InChI is InChI=1S/C13H13FO2S/c1-10(16)17-7-3-2-4-11-5-6-13(14)12(8-11)9-15/h2,4-6,8-9H,3,7H2,1H3. The minimum absolute atomic E-state index is 0.0604. The van der Waals surface area contributed by atoms with Crippen molar-refractivity contribution in [1.82, 2.24) is 0 Å². The monoisotopic (exact) mass is 252 g/mol. The molecule has 0 spiro atoms. The van der Waals surface area contributed by atoms with Crippen LogP contribution < -0.4 is 0 Å². The summed E-state index contributed by atoms with van der Waals surface area (Å²) in [5, 5.41) is 0.100. The molecule has 0 unspecified atom stereocenters. The van der Waals surface area contributed by atoms with Gasteiger partial charge in [-0.3, -0.25) is 9.59 Å². The van der Waals surface area contributed by atoms with E-state index in [1.54, 1.807) is 6.07 Å². The maximum atomic E-state index is 13.0. The van der Waals surface area contributed by atoms with Crippen LogP contribution in [0.1, 0.15) is 29.3 Å². The summed E-state index contributed by atoms with van der Waals surface area (Å²) in [4.78, 5) is 21.2. The fourth-order valence-corrected chi connectivity index (χ4v) is 1.79. The van der Waals surface area contributed by atoms with Gasteiger partial charge in [0, 0.05) is 12.7 Å². The number of allylic oxidation sites excluding steroid dienone is 1. The first-order valence-electron chi connectivity index (χ1n) is 5.18. The van der Waals surface area contributed by atoms with Crippen molar-refractivity contribution in [1.29, 1.82) is 0 Å². The van der Waals surface area contributed by atoms with E-state index in [0.29, 0.717) is 6.29 Å². The third kappa shape index (κ3) is 4.95. The highest BCUT2D eigenvalue weighted by atomic mass is 32.2. The Labute approximate surface area is 104 Å². The van der Waals surface area contributed by atoms with Crippen molar-refractivity contribution < 1.29 is 14.0 Å². The van der Waals surface area contributed by atoms with Gasteiger partial charge in [-0.15, -0.1) is 0 Å². The van der Waals surface area contributed by atoms with Gasteiger partial charge in [0.1, 0.15) is 5.82 Å². The molecule has 1 rings (SSSR count). The van der Waals surface area contributed by atoms with Crippen LogP contribution in [0.5, 0.6) is 0 Å². The molecule has 0 radical (unpaired) electrons. The van der Waals surface area contributed by atoms with E-state index < -0.39 is 5.82 Å². The van der Waals surface area contributed by atoms with Crippen LogP contribution in [-0.2, 0) is 4.79 Å². The highest BCUT2D eigenvalue weighted by Crippen LogP contribution is 2.11. The minimum atomic E-state index is -0.510. The lowest BCUT2D eigenvalue weighted by molar-refractivity contribution is -0.109. The van der Waals surface area contributed by atoms with Crippen LogP contribution >= 0.6 is 11.8 Å². The molecule has 0 aliphatic carbocycles. The molecular weight excluding hydrogens is 239 g/mol. The van der Waals surface area contributed by atoms with Gasteiger partial charge < -0.3 is 0 Å². The second-order valence-electron chi connectivity index (χ2n) is 3.43. The van der Waals surface area contributed by atoms with Crippen molar-refractivity contribution in [2.24, 2.45) is 0 Å². The van der Waals surface area contributed by atoms with E-state index in [1.807, 2.05) is 12.2 Å². The Kier molecular flexibility index (Phi) is 5.63. The fourth-order valence-electron chi connectivity index (χ4n) is 1.25. The van der Waals surface area contributed by atoms with E-state index in [9.17, 15) is 14.0 Å². The van der Waals surface area contributed by atoms with Crippen molar-refractivity contribution >= 4 is 29.2 Å². The van der Waals surface area contributed by atoms with Crippen LogP contribution in [0.25, 0.3) is 6.08 Å². The van der Waals surface area contributed by atoms with Crippen LogP contribution in [-0.4, -0.2) is 17.2 Å². The third-order valence-electron chi connectivity index (χ3n) is 2.05. The third-order valence-corrected chi connectivity index (χ3v) is 2.89. The molecule has 0 saturated heterocycles. The summed E-state index contributed by atoms with van der Waals surface area (Å²) in [5.74, 6) is 0.220. The van der Waals surface area contributed by atoms with Gasteiger partial charge in [0.05, 0.1) is 5.56 Å². The molecule has 0 bridgehead atoms. The smallest absolute Gasteiger partial charge is 0.185 e. The molecule has 0 aromatic heterocycles. The topological polar surface area (TPSA) is 34.1 Å². The Morgan fingerprint density at radius 3 is 2.88 bits per heavy atom. The summed E-state index contributed by atoms with van der Waals surface area (Å²) in [6.45, 7) is 1.53. The van der Waals surface area contributed by atoms with E-state index in [-0.39, 0.29) is 10.7 Å². The Hall–Kier alpha value is -1.42. The van der Waals surface area contributed by atoms with Crippen LogP contribution in [0, 0.1) is 5.82 Å². The van der Waals surface area contributed by atoms with Crippen molar-refractivity contribution in [2.75, 3.05) is 5.75 Å². The Bertz CT molecular complexity index is 441. The van der Waals surface area contributed by atoms with Crippen LogP contribution in [0.3, 0.4) is 0 Å². The average molecular weight is 252 g/mol. The number of carbonyl (C=O) groups is 2. The van der Waals surface area contributed by atoms with Gasteiger partial charge in [0.25, 0.3) is 0 Å². The lowest BCUT2D eigenvalue weighted by Crippen LogP contribution is -1.88. The molecule has 0 aliphatic rings. The molecule has 0 aliphatic heterocycles. The zero-order valence-electron chi connectivity index (χ0n) is 9.48. The molecule has 0 fully saturated rings. The molecule has 0 saturated carbocycles. The molecule has 0 heterocycles. The van der Waals surface area contributed by atoms with Crippen molar-refractivity contribution in [3.63, 3.8) is 0 Å². The largest absolute Gasteiger partial charge is 0.298 e. The van der Waals surface area contributed by atoms with Crippen LogP contribution in [0.15, 0.2) is 24.3 Å². The number of benzene rings is 1. The molecular formula is C13H13FO2S. The lowest BCUT2D eigenvalue weighted by Gasteiger charge is -1.97. The lowest BCUT2D eigenvalue weighted by atomic mass is 10.1. The maximum absolute atomic E-state index is 13.0. The Morgan fingerprint density at radius 2 is 2.24 bits per heavy atom. The fraction of sp³-hybridized carbons (Fsp3) is 0.231. The molecule has 2 nitrogen and oxygen atoms in total. The van der Waals surface area contributed by atoms with Gasteiger partial charge in [-0.1, -0.05) is 30.0 Å². The van der Waals surface area contributed by atoms with E-state index in [0.717, 1.165) is 17.7 Å². The van der Waals surface area contributed by atoms with Gasteiger partial charge in [-0.2, -0.15) is 0 Å². The molecule has 90 valence electrons. The SMILES string of the molecule is CC(=O)SCCC=Cc1ccc(F)c(C=O)c1. The van der Waals surface area contributed by atoms with E-state index in [1.165, 1.54) is 30.8 Å². The van der Waals surface area contributed by atoms with Gasteiger partial charge in [0.15, 0.2) is 11.4 Å². The molecule has 0 amide bonds. The van der Waals surface area contributed by atoms with Gasteiger partial charge >= 0.3 is 0 Å². The number of hydrogen-bond acceptors (Lipinski definition) is 3. The highest BCUT2D eigenvalue weighted by Gasteiger charge is 2.00. The maximum Gasteiger partial charge on any atom is 0.185 e. The minimum Gasteiger partial charge on any atom is -0.298 e. The molecule has 0 atom stereocenters. The van der Waals surface area contributed by atoms with Crippen LogP contribution in [0.4, 0.5) is 4.39 Å². The zero-order valence-corrected chi connectivity index (χ0v) is 10.3. The predicted octanol–water partition coefficient (Wildman–Crippen LogP) is 3.32. The molecule has 4 heteroatoms. The number of thioether (sulfide) groups is 1. The summed E-state index contributed by atoms with van der Waals surface area (Å²) < 4.78 is 13.0. The number of aldehydes is 1. The second-order valence-corrected chi connectivity index (χ2v) is 4.70. The van der Waals surface area contributed by atoms with E-state index >= 15 is 0 Å². The molecule has 1 aromatic carbocycles. The summed E-state index contributed by atoms with van der Waals surface area (Å²) in [6.07, 6.45) is 4.97. The quantitative estimate of drug-likeness (QED) is 0.595. The van der Waals surface area contributed by atoms with Gasteiger partial charge in [-0.05, 0) is 24.1 Å². The van der Waals surface area contributed by atoms with Crippen molar-refractivity contribution in [3.8, 4) is 0 Å². The first-order valence-corrected chi connectivity index (χ1v) is 6.16. The molecule has 0 N–H and O–H groups in total. The summed E-state index contributed by atoms with van der Waals surface area (Å²) in [6, 6.07) is 4.38. The predicted molar refractivity (Wildman–Crippen MR) is 68.6 cm³/mol. The Morgan fingerprint density at radius 1 is 1.47 bits per heavy atom. The summed E-state index contributed by atoms with van der Waals surface area (Å²) in [7, 11) is 0. The number of halogens is 1. The highest BCUT2D eigenvalue weighted by molar-refractivity contribution is 8.13. The Balaban J connectivity index is 2.53. The zero-order chi connectivity index (χ0) is 12.7. The van der Waals surface area contributed by atoms with E-state index in [4.69, 9.17) is 0 Å². The second kappa shape index (κ2) is 7.01. The number of hydrogen-bond donors (Lipinski definition) is 0. The number of rotatable bonds is 5. The van der Waals surface area contributed by atoms with Crippen molar-refractivity contribution in [3.05, 3.63) is 41.2 Å². The number of carbonyl (C=O) groups excluding carboxylic acids is 2. The summed E-state index contributed by atoms with van der Waals surface area (Å²) >= 11 is 1.27. The first-order chi connectivity index (χ1) is 8.13. The summed E-state index contributed by atoms with van der Waals surface area (Å²) in [5.41, 5.74) is 0.839. The van der Waals surface area contributed by atoms with Crippen LogP contribution in [0.2, 0.25) is 0 Å². The normalized spacial score (nSPS) is 10.7. The van der Waals surface area contributed by atoms with Gasteiger partial charge in [0.2, 0.25) is 0 Å². The molecule has 17 heavy (non-hydrogen) atoms. The van der Waals surface area contributed by atoms with Gasteiger partial charge in [-0.25, -0.2) is 4.39 Å². The van der Waals surface area contributed by atoms with Crippen molar-refractivity contribution in [2.45, 2.75) is 13.3 Å². The average Bonchev–Trinajstić information content (AvgIpc) is 2.30. The molecule has 1 aromatic rings. The van der Waals surface area contributed by atoms with E-state index in [2.05, 4.69) is 0 Å². The first kappa shape index (κ1) is 13.6.